The lowest BCUT2D eigenvalue weighted by molar-refractivity contribution is -0.153. The second-order valence-corrected chi connectivity index (χ2v) is 11.6. The van der Waals surface area contributed by atoms with Gasteiger partial charge in [-0.25, -0.2) is 0 Å². The number of fused-ring (bicyclic) bond motifs is 3. The van der Waals surface area contributed by atoms with Crippen molar-refractivity contribution in [3.05, 3.63) is 63.9 Å². The Hall–Kier alpha value is -4.19. The Bertz CT molecular complexity index is 1570. The number of phenols is 1. The molecule has 0 heterocycles. The number of hydrogen-bond donors (Lipinski definition) is 6. The van der Waals surface area contributed by atoms with E-state index < -0.39 is 58.0 Å². The molecule has 11 nitrogen and oxygen atoms in total. The fourth-order valence-electron chi connectivity index (χ4n) is 6.77. The predicted molar refractivity (Wildman–Crippen MR) is 151 cm³/mol. The largest absolute Gasteiger partial charge is 0.508 e. The molecule has 4 atom stereocenters. The zero-order valence-electron chi connectivity index (χ0n) is 23.3. The first-order valence-corrected chi connectivity index (χ1v) is 13.2. The van der Waals surface area contributed by atoms with Crippen molar-refractivity contribution in [3.8, 4) is 16.9 Å². The minimum absolute atomic E-state index is 0.0223. The van der Waals surface area contributed by atoms with Crippen molar-refractivity contribution in [1.82, 2.24) is 9.80 Å². The van der Waals surface area contributed by atoms with Crippen LogP contribution in [0.1, 0.15) is 23.1 Å². The summed E-state index contributed by atoms with van der Waals surface area (Å²) in [6.45, 7) is 0.594. The highest BCUT2D eigenvalue weighted by atomic mass is 16.3. The van der Waals surface area contributed by atoms with Gasteiger partial charge < -0.3 is 36.8 Å². The van der Waals surface area contributed by atoms with E-state index in [9.17, 15) is 34.8 Å². The first-order valence-electron chi connectivity index (χ1n) is 13.2. The van der Waals surface area contributed by atoms with Gasteiger partial charge >= 0.3 is 0 Å². The predicted octanol–water partition coefficient (Wildman–Crippen LogP) is 1.27. The number of aliphatic hydroxyl groups is 3. The third kappa shape index (κ3) is 4.11. The number of Topliss-reactive ketones (excluding diaryl/α,β-unsaturated/α-hetero) is 2. The number of nitrogen functional groups attached to an aromatic ring is 1. The molecule has 0 aliphatic heterocycles. The highest BCUT2D eigenvalue weighted by Gasteiger charge is 2.64. The van der Waals surface area contributed by atoms with E-state index in [2.05, 4.69) is 0 Å². The van der Waals surface area contributed by atoms with Crippen LogP contribution in [-0.4, -0.2) is 87.5 Å². The van der Waals surface area contributed by atoms with Crippen LogP contribution in [0.4, 0.5) is 5.69 Å². The Morgan fingerprint density at radius 2 is 1.76 bits per heavy atom. The molecule has 1 saturated carbocycles. The number of ketones is 2. The molecule has 0 radical (unpaired) electrons. The summed E-state index contributed by atoms with van der Waals surface area (Å²) >= 11 is 0. The number of carbonyl (C=O) groups is 3. The lowest BCUT2D eigenvalue weighted by Gasteiger charge is -2.50. The van der Waals surface area contributed by atoms with Gasteiger partial charge in [-0.05, 0) is 87.4 Å². The molecule has 5 rings (SSSR count). The van der Waals surface area contributed by atoms with Gasteiger partial charge in [0.15, 0.2) is 11.4 Å². The zero-order valence-corrected chi connectivity index (χ0v) is 23.3. The number of benzene rings is 2. The summed E-state index contributed by atoms with van der Waals surface area (Å²) in [5, 5.41) is 45.0. The summed E-state index contributed by atoms with van der Waals surface area (Å²) in [7, 11) is 6.99. The number of phenolic OH excluding ortho intramolecular Hbond substituents is 1. The number of amides is 1. The van der Waals surface area contributed by atoms with E-state index in [1.165, 1.54) is 11.0 Å². The number of anilines is 1. The summed E-state index contributed by atoms with van der Waals surface area (Å²) < 4.78 is 0. The van der Waals surface area contributed by atoms with Crippen LogP contribution in [0.25, 0.3) is 16.9 Å². The number of hydrogen-bond acceptors (Lipinski definition) is 10. The molecular formula is C30H34N4O7. The van der Waals surface area contributed by atoms with Crippen molar-refractivity contribution in [2.45, 2.75) is 31.0 Å². The Labute approximate surface area is 237 Å². The molecule has 3 aliphatic rings. The fraction of sp³-hybridized carbons (Fsp3) is 0.367. The van der Waals surface area contributed by atoms with Crippen LogP contribution in [0.5, 0.6) is 5.75 Å². The molecule has 8 N–H and O–H groups in total. The number of primary amides is 1. The molecule has 0 spiro atoms. The highest BCUT2D eigenvalue weighted by molar-refractivity contribution is 6.24. The van der Waals surface area contributed by atoms with E-state index in [0.717, 1.165) is 16.7 Å². The minimum Gasteiger partial charge on any atom is -0.508 e. The van der Waals surface area contributed by atoms with E-state index >= 15 is 0 Å². The van der Waals surface area contributed by atoms with Crippen molar-refractivity contribution < 1.29 is 34.8 Å². The Morgan fingerprint density at radius 3 is 2.37 bits per heavy atom. The molecule has 11 heteroatoms. The van der Waals surface area contributed by atoms with Crippen molar-refractivity contribution in [3.63, 3.8) is 0 Å². The Morgan fingerprint density at radius 1 is 1.07 bits per heavy atom. The van der Waals surface area contributed by atoms with Crippen LogP contribution in [-0.2, 0) is 27.3 Å². The van der Waals surface area contributed by atoms with Gasteiger partial charge in [0, 0.05) is 23.7 Å². The van der Waals surface area contributed by atoms with E-state index in [4.69, 9.17) is 11.5 Å². The summed E-state index contributed by atoms with van der Waals surface area (Å²) in [5.74, 6) is -6.79. The van der Waals surface area contributed by atoms with Gasteiger partial charge in [0.1, 0.15) is 22.8 Å². The van der Waals surface area contributed by atoms with Gasteiger partial charge in [0.25, 0.3) is 5.91 Å². The SMILES string of the molecule is CN(C)Cc1cc(-c2ccc(O)c3c2C[C@H]2C[C@H]4[C@H](N(C)C)C(=O)C(C(N)=O)=C(O)[C@@]4(O)C(=O)C2=C3O)ccc1N. The van der Waals surface area contributed by atoms with Crippen LogP contribution in [0.2, 0.25) is 0 Å². The highest BCUT2D eigenvalue weighted by Crippen LogP contribution is 2.53. The monoisotopic (exact) mass is 562 g/mol. The van der Waals surface area contributed by atoms with Crippen LogP contribution < -0.4 is 11.5 Å². The summed E-state index contributed by atoms with van der Waals surface area (Å²) in [4.78, 5) is 42.9. The van der Waals surface area contributed by atoms with Crippen LogP contribution in [0.15, 0.2) is 47.2 Å². The standard InChI is InChI=1S/C30H34N4O7/c1-33(2)12-15-9-13(5-7-19(15)31)16-6-8-20(35)22-17(16)10-14-11-18-24(34(3)4)26(37)23(29(32)40)28(39)30(18,41)27(38)21(14)25(22)36/h5-9,14,18,24,35-36,39,41H,10-12,31H2,1-4H3,(H2,32,40)/t14-,18-,24-,30-/m0/s1. The van der Waals surface area contributed by atoms with E-state index in [0.29, 0.717) is 17.8 Å². The Kier molecular flexibility index (Phi) is 6.72. The maximum Gasteiger partial charge on any atom is 0.255 e. The first kappa shape index (κ1) is 28.3. The van der Waals surface area contributed by atoms with Crippen molar-refractivity contribution in [2.24, 2.45) is 17.6 Å². The number of nitrogens with two attached hydrogens (primary N) is 2. The second-order valence-electron chi connectivity index (χ2n) is 11.6. The average molecular weight is 563 g/mol. The number of aromatic hydroxyl groups is 1. The molecule has 0 unspecified atom stereocenters. The quantitative estimate of drug-likeness (QED) is 0.229. The average Bonchev–Trinajstić information content (AvgIpc) is 2.87. The van der Waals surface area contributed by atoms with Crippen LogP contribution in [0.3, 0.4) is 0 Å². The summed E-state index contributed by atoms with van der Waals surface area (Å²) in [5.41, 5.74) is 11.6. The number of rotatable bonds is 5. The van der Waals surface area contributed by atoms with Gasteiger partial charge in [-0.3, -0.25) is 19.3 Å². The molecule has 0 saturated heterocycles. The smallest absolute Gasteiger partial charge is 0.255 e. The lowest BCUT2D eigenvalue weighted by atomic mass is 9.57. The van der Waals surface area contributed by atoms with Gasteiger partial charge in [-0.15, -0.1) is 0 Å². The molecule has 0 bridgehead atoms. The molecule has 1 fully saturated rings. The zero-order chi connectivity index (χ0) is 30.1. The molecule has 2 aromatic carbocycles. The summed E-state index contributed by atoms with van der Waals surface area (Å²) in [6.07, 6.45) is 0.222. The second kappa shape index (κ2) is 9.72. The van der Waals surface area contributed by atoms with Crippen molar-refractivity contribution in [2.75, 3.05) is 33.9 Å². The topological polar surface area (TPSA) is 191 Å². The van der Waals surface area contributed by atoms with E-state index in [-0.39, 0.29) is 29.7 Å². The number of carbonyl (C=O) groups excluding carboxylic acids is 3. The van der Waals surface area contributed by atoms with Crippen molar-refractivity contribution in [1.29, 1.82) is 0 Å². The summed E-state index contributed by atoms with van der Waals surface area (Å²) in [6, 6.07) is 7.60. The third-order valence-corrected chi connectivity index (χ3v) is 8.54. The normalized spacial score (nSPS) is 25.9. The third-order valence-electron chi connectivity index (χ3n) is 8.54. The van der Waals surface area contributed by atoms with Gasteiger partial charge in [-0.2, -0.15) is 0 Å². The maximum absolute atomic E-state index is 14.0. The maximum atomic E-state index is 14.0. The number of likely N-dealkylation sites (N-methyl/N-ethyl adjacent to an activating group) is 1. The van der Waals surface area contributed by atoms with Crippen molar-refractivity contribution >= 4 is 28.9 Å². The minimum atomic E-state index is -2.67. The van der Waals surface area contributed by atoms with Crippen LogP contribution >= 0.6 is 0 Å². The van der Waals surface area contributed by atoms with Gasteiger partial charge in [0.2, 0.25) is 5.78 Å². The molecule has 1 amide bonds. The van der Waals surface area contributed by atoms with Crippen LogP contribution in [0, 0.1) is 11.8 Å². The van der Waals surface area contributed by atoms with E-state index in [1.807, 2.05) is 31.1 Å². The number of nitrogens with zero attached hydrogens (tertiary/aromatic N) is 2. The molecule has 41 heavy (non-hydrogen) atoms. The molecule has 3 aliphatic carbocycles. The lowest BCUT2D eigenvalue weighted by Crippen LogP contribution is -2.65. The van der Waals surface area contributed by atoms with Gasteiger partial charge in [-0.1, -0.05) is 12.1 Å². The van der Waals surface area contributed by atoms with E-state index in [1.54, 1.807) is 26.2 Å². The molecule has 2 aromatic rings. The fourth-order valence-corrected chi connectivity index (χ4v) is 6.77. The molecule has 216 valence electrons. The van der Waals surface area contributed by atoms with Gasteiger partial charge in [0.05, 0.1) is 11.6 Å². The molecular weight excluding hydrogens is 528 g/mol. The Balaban J connectivity index is 1.71. The molecule has 0 aromatic heterocycles. The number of aliphatic hydroxyl groups excluding tert-OH is 2. The first-order chi connectivity index (χ1) is 19.2.